The maximum Gasteiger partial charge on any atom is 0.389 e. The van der Waals surface area contributed by atoms with Crippen LogP contribution in [-0.2, 0) is 0 Å². The summed E-state index contributed by atoms with van der Waals surface area (Å²) < 4.78 is 41.2. The van der Waals surface area contributed by atoms with E-state index in [1.54, 1.807) is 6.07 Å². The summed E-state index contributed by atoms with van der Waals surface area (Å²) in [4.78, 5) is 0. The molecule has 1 unspecified atom stereocenters. The van der Waals surface area contributed by atoms with Crippen LogP contribution < -0.4 is 4.74 Å². The van der Waals surface area contributed by atoms with Crippen LogP contribution >= 0.6 is 11.6 Å². The molecule has 0 aromatic heterocycles. The zero-order chi connectivity index (χ0) is 13.1. The van der Waals surface area contributed by atoms with E-state index in [9.17, 15) is 13.2 Å². The number of benzene rings is 1. The first-order chi connectivity index (χ1) is 7.78. The lowest BCUT2D eigenvalue weighted by molar-refractivity contribution is -0.137. The van der Waals surface area contributed by atoms with Crippen molar-refractivity contribution < 1.29 is 17.9 Å². The molecule has 5 heteroatoms. The molecule has 0 amide bonds. The molecule has 17 heavy (non-hydrogen) atoms. The van der Waals surface area contributed by atoms with Gasteiger partial charge in [0.15, 0.2) is 5.56 Å². The lowest BCUT2D eigenvalue weighted by Gasteiger charge is -2.15. The van der Waals surface area contributed by atoms with Crippen LogP contribution in [-0.4, -0.2) is 11.7 Å². The van der Waals surface area contributed by atoms with Gasteiger partial charge < -0.3 is 4.74 Å². The van der Waals surface area contributed by atoms with E-state index in [-0.39, 0.29) is 6.42 Å². The SMILES string of the molecule is Cc1ccc(C)c(OC(Cl)CCC(F)(F)F)c1. The van der Waals surface area contributed by atoms with Crippen molar-refractivity contribution in [3.05, 3.63) is 29.3 Å². The van der Waals surface area contributed by atoms with Crippen molar-refractivity contribution in [2.75, 3.05) is 0 Å². The first-order valence-corrected chi connectivity index (χ1v) is 5.66. The molecular weight excluding hydrogens is 253 g/mol. The third-order valence-corrected chi connectivity index (χ3v) is 2.56. The minimum Gasteiger partial charge on any atom is -0.474 e. The van der Waals surface area contributed by atoms with Gasteiger partial charge in [0.25, 0.3) is 0 Å². The molecule has 96 valence electrons. The van der Waals surface area contributed by atoms with Gasteiger partial charge in [0.1, 0.15) is 5.75 Å². The Morgan fingerprint density at radius 1 is 1.29 bits per heavy atom. The Morgan fingerprint density at radius 3 is 2.53 bits per heavy atom. The molecule has 0 N–H and O–H groups in total. The molecule has 1 aromatic carbocycles. The Hall–Kier alpha value is -0.900. The van der Waals surface area contributed by atoms with Crippen molar-refractivity contribution in [1.29, 1.82) is 0 Å². The largest absolute Gasteiger partial charge is 0.474 e. The molecule has 0 bridgehead atoms. The van der Waals surface area contributed by atoms with Gasteiger partial charge in [-0.05, 0) is 31.0 Å². The Kier molecular flexibility index (Phi) is 4.69. The molecule has 0 spiro atoms. The first kappa shape index (κ1) is 14.2. The van der Waals surface area contributed by atoms with E-state index in [4.69, 9.17) is 16.3 Å². The van der Waals surface area contributed by atoms with E-state index in [1.165, 1.54) is 0 Å². The minimum absolute atomic E-state index is 0.252. The molecule has 1 rings (SSSR count). The molecule has 0 aliphatic rings. The number of rotatable bonds is 4. The quantitative estimate of drug-likeness (QED) is 0.724. The van der Waals surface area contributed by atoms with Crippen LogP contribution in [0.2, 0.25) is 0 Å². The Labute approximate surface area is 104 Å². The van der Waals surface area contributed by atoms with Crippen molar-refractivity contribution in [2.24, 2.45) is 0 Å². The van der Waals surface area contributed by atoms with E-state index >= 15 is 0 Å². The fraction of sp³-hybridized carbons (Fsp3) is 0.500. The second kappa shape index (κ2) is 5.63. The van der Waals surface area contributed by atoms with Crippen LogP contribution in [0.3, 0.4) is 0 Å². The number of aryl methyl sites for hydroxylation is 2. The average Bonchev–Trinajstić information content (AvgIpc) is 2.20. The highest BCUT2D eigenvalue weighted by molar-refractivity contribution is 6.19. The number of halogens is 4. The predicted octanol–water partition coefficient (Wildman–Crippen LogP) is 4.59. The third-order valence-electron chi connectivity index (χ3n) is 2.25. The van der Waals surface area contributed by atoms with Crippen LogP contribution in [0.25, 0.3) is 0 Å². The second-order valence-electron chi connectivity index (χ2n) is 3.95. The standard InChI is InChI=1S/C12H14ClF3O/c1-8-3-4-9(2)10(7-8)17-11(13)5-6-12(14,15)16/h3-4,7,11H,5-6H2,1-2H3. The highest BCUT2D eigenvalue weighted by Crippen LogP contribution is 2.27. The first-order valence-electron chi connectivity index (χ1n) is 5.22. The third kappa shape index (κ3) is 5.31. The fourth-order valence-electron chi connectivity index (χ4n) is 1.31. The van der Waals surface area contributed by atoms with E-state index in [2.05, 4.69) is 0 Å². The number of alkyl halides is 4. The van der Waals surface area contributed by atoms with E-state index < -0.39 is 18.2 Å². The number of hydrogen-bond acceptors (Lipinski definition) is 1. The number of ether oxygens (including phenoxy) is 1. The molecule has 0 heterocycles. The molecule has 0 aliphatic heterocycles. The van der Waals surface area contributed by atoms with Gasteiger partial charge in [0.2, 0.25) is 0 Å². The maximum absolute atomic E-state index is 12.0. The van der Waals surface area contributed by atoms with Crippen molar-refractivity contribution >= 4 is 11.6 Å². The van der Waals surface area contributed by atoms with Gasteiger partial charge >= 0.3 is 6.18 Å². The van der Waals surface area contributed by atoms with Gasteiger partial charge in [0.05, 0.1) is 0 Å². The van der Waals surface area contributed by atoms with Gasteiger partial charge in [-0.25, -0.2) is 0 Å². The van der Waals surface area contributed by atoms with Crippen LogP contribution in [0, 0.1) is 13.8 Å². The van der Waals surface area contributed by atoms with Crippen molar-refractivity contribution in [2.45, 2.75) is 38.4 Å². The molecule has 1 aromatic rings. The summed E-state index contributed by atoms with van der Waals surface area (Å²) in [5.41, 5.74) is 0.871. The predicted molar refractivity (Wildman–Crippen MR) is 61.5 cm³/mol. The molecular formula is C12H14ClF3O. The monoisotopic (exact) mass is 266 g/mol. The lowest BCUT2D eigenvalue weighted by Crippen LogP contribution is -2.15. The summed E-state index contributed by atoms with van der Waals surface area (Å²) in [7, 11) is 0. The van der Waals surface area contributed by atoms with Crippen molar-refractivity contribution in [3.63, 3.8) is 0 Å². The summed E-state index contributed by atoms with van der Waals surface area (Å²) in [5.74, 6) is 0.534. The van der Waals surface area contributed by atoms with E-state index in [1.807, 2.05) is 26.0 Å². The smallest absolute Gasteiger partial charge is 0.389 e. The zero-order valence-electron chi connectivity index (χ0n) is 9.64. The summed E-state index contributed by atoms with van der Waals surface area (Å²) in [6.07, 6.45) is -5.39. The number of hydrogen-bond donors (Lipinski definition) is 0. The maximum atomic E-state index is 12.0. The van der Waals surface area contributed by atoms with Crippen LogP contribution in [0.1, 0.15) is 24.0 Å². The summed E-state index contributed by atoms with van der Waals surface area (Å²) in [5, 5.41) is 0. The molecule has 1 nitrogen and oxygen atoms in total. The molecule has 0 radical (unpaired) electrons. The van der Waals surface area contributed by atoms with Gasteiger partial charge in [-0.15, -0.1) is 0 Å². The minimum atomic E-state index is -4.20. The fourth-order valence-corrected chi connectivity index (χ4v) is 1.51. The van der Waals surface area contributed by atoms with E-state index in [0.29, 0.717) is 5.75 Å². The van der Waals surface area contributed by atoms with E-state index in [0.717, 1.165) is 11.1 Å². The molecule has 0 saturated heterocycles. The van der Waals surface area contributed by atoms with Crippen molar-refractivity contribution in [1.82, 2.24) is 0 Å². The second-order valence-corrected chi connectivity index (χ2v) is 4.44. The average molecular weight is 267 g/mol. The Bertz CT molecular complexity index is 377. The Morgan fingerprint density at radius 2 is 1.94 bits per heavy atom. The van der Waals surface area contributed by atoms with Crippen LogP contribution in [0.15, 0.2) is 18.2 Å². The molecule has 0 fully saturated rings. The lowest BCUT2D eigenvalue weighted by atomic mass is 10.1. The van der Waals surface area contributed by atoms with Crippen molar-refractivity contribution in [3.8, 4) is 5.75 Å². The molecule has 0 aliphatic carbocycles. The Balaban J connectivity index is 2.56. The molecule has 1 atom stereocenters. The summed E-state index contributed by atoms with van der Waals surface area (Å²) >= 11 is 5.72. The highest BCUT2D eigenvalue weighted by atomic mass is 35.5. The van der Waals surface area contributed by atoms with Gasteiger partial charge in [-0.2, -0.15) is 13.2 Å². The van der Waals surface area contributed by atoms with Crippen LogP contribution in [0.5, 0.6) is 5.75 Å². The summed E-state index contributed by atoms with van der Waals surface area (Å²) in [6, 6.07) is 5.51. The highest BCUT2D eigenvalue weighted by Gasteiger charge is 2.28. The van der Waals surface area contributed by atoms with Gasteiger partial charge in [-0.1, -0.05) is 23.7 Å². The molecule has 0 saturated carbocycles. The summed E-state index contributed by atoms with van der Waals surface area (Å²) in [6.45, 7) is 3.70. The van der Waals surface area contributed by atoms with Gasteiger partial charge in [-0.3, -0.25) is 0 Å². The normalized spacial score (nSPS) is 13.5. The van der Waals surface area contributed by atoms with Crippen LogP contribution in [0.4, 0.5) is 13.2 Å². The zero-order valence-corrected chi connectivity index (χ0v) is 10.4. The van der Waals surface area contributed by atoms with Gasteiger partial charge in [0, 0.05) is 12.8 Å². The topological polar surface area (TPSA) is 9.23 Å².